The van der Waals surface area contributed by atoms with Gasteiger partial charge in [0.25, 0.3) is 11.5 Å². The number of carbonyl (C=O) groups excluding carboxylic acids is 7. The smallest absolute Gasteiger partial charge is 0.319 e. The monoisotopic (exact) mass is 904 g/mol. The van der Waals surface area contributed by atoms with Crippen LogP contribution in [0.25, 0.3) is 11.2 Å². The van der Waals surface area contributed by atoms with Gasteiger partial charge in [-0.2, -0.15) is 4.98 Å². The number of H-pyrrole nitrogens is 1. The van der Waals surface area contributed by atoms with Crippen molar-refractivity contribution >= 4 is 66.4 Å². The van der Waals surface area contributed by atoms with Crippen molar-refractivity contribution in [2.24, 2.45) is 0 Å². The Kier molecular flexibility index (Phi) is 31.7. The van der Waals surface area contributed by atoms with E-state index in [1.54, 1.807) is 24.3 Å². The molecule has 1 unspecified atom stereocenters. The van der Waals surface area contributed by atoms with E-state index in [2.05, 4.69) is 46.1 Å². The van der Waals surface area contributed by atoms with Crippen LogP contribution in [0, 0.1) is 0 Å². The van der Waals surface area contributed by atoms with Gasteiger partial charge in [-0.15, -0.1) is 0 Å². The summed E-state index contributed by atoms with van der Waals surface area (Å²) in [7, 11) is 4.69. The molecule has 1 fully saturated rings. The van der Waals surface area contributed by atoms with E-state index in [1.165, 1.54) is 20.4 Å². The molecule has 1 aromatic carbocycles. The Bertz CT molecular complexity index is 1840. The van der Waals surface area contributed by atoms with E-state index in [4.69, 9.17) is 35.0 Å². The Morgan fingerprint density at radius 2 is 1.42 bits per heavy atom. The summed E-state index contributed by atoms with van der Waals surface area (Å²) in [6.45, 7) is 9.71. The minimum atomic E-state index is -0.471. The van der Waals surface area contributed by atoms with E-state index in [-0.39, 0.29) is 73.0 Å². The van der Waals surface area contributed by atoms with Crippen molar-refractivity contribution in [3.05, 3.63) is 52.1 Å². The maximum Gasteiger partial charge on any atom is 0.319 e. The number of nitrogens with one attached hydrogen (secondary N) is 5. The van der Waals surface area contributed by atoms with Crippen molar-refractivity contribution in [3.63, 3.8) is 0 Å². The standard InChI is InChI=1S/C36H52N12O8.2CH4O.2CH2O/c1-55-30(51)22-46-14-15-47(23-31(52)56-2)17-19-48(18-16-46)28(24-49)9-11-38-12-13-39-29(50)4-3-10-40-34(53)25-5-7-26(8-6-25)41-20-27-21-42-33-32(43-27)35(54)45-36(37)44-33;4*1-2/h5-8,21,24,28,38,41H,3-4,9-20,22-23H2,1-2H3,(H,39,50)(H,40,53)(H3,37,42,44,45,54);2*2H,1H3;2*1H2. The Balaban J connectivity index is 0.00000469. The van der Waals surface area contributed by atoms with Crippen LogP contribution in [0.3, 0.4) is 0 Å². The molecular weight excluding hydrogens is 841 g/mol. The number of hydrogen-bond donors (Lipinski definition) is 8. The van der Waals surface area contributed by atoms with Gasteiger partial charge in [-0.3, -0.25) is 43.7 Å². The molecule has 2 aromatic heterocycles. The first kappa shape index (κ1) is 57.7. The highest BCUT2D eigenvalue weighted by atomic mass is 16.5. The summed E-state index contributed by atoms with van der Waals surface area (Å²) < 4.78 is 9.67. The number of fused-ring (bicyclic) bond motifs is 1. The number of aldehydes is 1. The third kappa shape index (κ3) is 22.2. The van der Waals surface area contributed by atoms with Gasteiger partial charge in [0.15, 0.2) is 11.2 Å². The number of methoxy groups -OCH3 is 2. The first-order valence-electron chi connectivity index (χ1n) is 19.9. The van der Waals surface area contributed by atoms with E-state index < -0.39 is 5.56 Å². The van der Waals surface area contributed by atoms with E-state index in [1.807, 2.05) is 23.4 Å². The van der Waals surface area contributed by atoms with Gasteiger partial charge >= 0.3 is 11.9 Å². The van der Waals surface area contributed by atoms with Gasteiger partial charge in [0.1, 0.15) is 19.9 Å². The highest BCUT2D eigenvalue weighted by Gasteiger charge is 2.24. The summed E-state index contributed by atoms with van der Waals surface area (Å²) in [4.78, 5) is 110. The van der Waals surface area contributed by atoms with Gasteiger partial charge in [0.05, 0.1) is 51.8 Å². The zero-order chi connectivity index (χ0) is 48.3. The van der Waals surface area contributed by atoms with E-state index in [0.717, 1.165) is 26.2 Å². The zero-order valence-corrected chi connectivity index (χ0v) is 37.0. The van der Waals surface area contributed by atoms with Crippen molar-refractivity contribution in [1.29, 1.82) is 0 Å². The van der Waals surface area contributed by atoms with Crippen molar-refractivity contribution in [3.8, 4) is 0 Å². The number of nitrogens with two attached hydrogens (primary N) is 1. The lowest BCUT2D eigenvalue weighted by Crippen LogP contribution is -2.45. The van der Waals surface area contributed by atoms with Crippen molar-refractivity contribution < 1.29 is 53.2 Å². The summed E-state index contributed by atoms with van der Waals surface area (Å²) in [5.74, 6) is -1.12. The second kappa shape index (κ2) is 35.2. The molecule has 0 radical (unpaired) electrons. The molecule has 24 nitrogen and oxygen atoms in total. The SMILES string of the molecule is C=O.C=O.CO.CO.COC(=O)CN1CCN(CC(=O)OC)CCN(C(C=O)CCNCCNC(=O)CCCNC(=O)c2ccc(NCc3cnc4nc(N)[nH]c(=O)c4n3)cc2)CC1. The van der Waals surface area contributed by atoms with Gasteiger partial charge in [-0.25, -0.2) is 9.97 Å². The van der Waals surface area contributed by atoms with E-state index in [0.29, 0.717) is 89.5 Å². The fourth-order valence-corrected chi connectivity index (χ4v) is 5.93. The summed E-state index contributed by atoms with van der Waals surface area (Å²) in [6, 6.07) is 6.49. The van der Waals surface area contributed by atoms with E-state index in [9.17, 15) is 28.8 Å². The predicted octanol–water partition coefficient (Wildman–Crippen LogP) is -2.81. The summed E-state index contributed by atoms with van der Waals surface area (Å²) >= 11 is 0. The van der Waals surface area contributed by atoms with Crippen molar-refractivity contribution in [2.45, 2.75) is 31.8 Å². The highest BCUT2D eigenvalue weighted by Crippen LogP contribution is 2.12. The zero-order valence-electron chi connectivity index (χ0n) is 37.0. The average Bonchev–Trinajstić information content (AvgIpc) is 3.42. The number of nitrogens with zero attached hydrogens (tertiary/aromatic N) is 6. The number of benzene rings is 1. The second-order valence-corrected chi connectivity index (χ2v) is 13.1. The van der Waals surface area contributed by atoms with Crippen LogP contribution in [0.4, 0.5) is 11.6 Å². The molecule has 1 atom stereocenters. The molecule has 3 heterocycles. The lowest BCUT2D eigenvalue weighted by Gasteiger charge is -2.30. The van der Waals surface area contributed by atoms with Crippen LogP contribution < -0.4 is 32.6 Å². The van der Waals surface area contributed by atoms with Crippen LogP contribution in [0.15, 0.2) is 35.3 Å². The molecule has 0 saturated carbocycles. The van der Waals surface area contributed by atoms with Crippen LogP contribution in [0.5, 0.6) is 0 Å². The minimum Gasteiger partial charge on any atom is -0.468 e. The van der Waals surface area contributed by atoms with Gasteiger partial charge in [-0.05, 0) is 43.7 Å². The topological polar surface area (TPSA) is 334 Å². The number of anilines is 2. The third-order valence-electron chi connectivity index (χ3n) is 9.14. The van der Waals surface area contributed by atoms with Crippen molar-refractivity contribution in [1.82, 2.24) is 50.6 Å². The van der Waals surface area contributed by atoms with E-state index >= 15 is 0 Å². The molecule has 9 N–H and O–H groups in total. The van der Waals surface area contributed by atoms with Gasteiger partial charge in [-0.1, -0.05) is 0 Å². The fraction of sp³-hybridized carbons (Fsp3) is 0.525. The molecule has 2 amide bonds. The number of aromatic amines is 1. The van der Waals surface area contributed by atoms with Crippen molar-refractivity contribution in [2.75, 3.05) is 118 Å². The number of carbonyl (C=O) groups is 7. The largest absolute Gasteiger partial charge is 0.468 e. The number of amides is 2. The molecule has 356 valence electrons. The Labute approximate surface area is 371 Å². The highest BCUT2D eigenvalue weighted by molar-refractivity contribution is 5.94. The predicted molar refractivity (Wildman–Crippen MR) is 237 cm³/mol. The second-order valence-electron chi connectivity index (χ2n) is 13.1. The molecule has 1 aliphatic heterocycles. The lowest BCUT2D eigenvalue weighted by atomic mass is 10.2. The third-order valence-corrected chi connectivity index (χ3v) is 9.14. The van der Waals surface area contributed by atoms with Crippen LogP contribution in [0.1, 0.15) is 35.3 Å². The van der Waals surface area contributed by atoms with Gasteiger partial charge in [0.2, 0.25) is 11.9 Å². The Hall–Kier alpha value is -6.31. The quantitative estimate of drug-likeness (QED) is 0.0322. The molecule has 4 rings (SSSR count). The maximum atomic E-state index is 12.6. The number of nitrogen functional groups attached to an aromatic ring is 1. The summed E-state index contributed by atoms with van der Waals surface area (Å²) in [6.07, 6.45) is 3.69. The molecule has 3 aromatic rings. The minimum absolute atomic E-state index is 0.0319. The van der Waals surface area contributed by atoms with Crippen LogP contribution in [0.2, 0.25) is 0 Å². The van der Waals surface area contributed by atoms with Gasteiger partial charge in [0, 0.05) is 90.8 Å². The average molecular weight is 905 g/mol. The number of hydrogen-bond acceptors (Lipinski definition) is 21. The summed E-state index contributed by atoms with van der Waals surface area (Å²) in [5, 5.41) is 26.1. The molecular formula is C40H64N12O12. The van der Waals surface area contributed by atoms with Crippen LogP contribution in [-0.4, -0.2) is 201 Å². The first-order valence-corrected chi connectivity index (χ1v) is 19.9. The molecule has 24 heteroatoms. The van der Waals surface area contributed by atoms with Crippen LogP contribution >= 0.6 is 0 Å². The molecule has 64 heavy (non-hydrogen) atoms. The lowest BCUT2D eigenvalue weighted by molar-refractivity contribution is -0.143. The number of aromatic nitrogens is 4. The first-order chi connectivity index (χ1) is 31.1. The maximum absolute atomic E-state index is 12.6. The Morgan fingerprint density at radius 3 is 1.98 bits per heavy atom. The number of esters is 2. The Morgan fingerprint density at radius 1 is 0.844 bits per heavy atom. The molecule has 1 aliphatic rings. The number of aliphatic hydroxyl groups excluding tert-OH is 2. The summed E-state index contributed by atoms with van der Waals surface area (Å²) in [5.41, 5.74) is 7.05. The van der Waals surface area contributed by atoms with Crippen LogP contribution in [-0.2, 0) is 44.8 Å². The normalized spacial score (nSPS) is 13.3. The number of ether oxygens (including phenoxy) is 2. The fourth-order valence-electron chi connectivity index (χ4n) is 5.93. The molecule has 1 saturated heterocycles. The molecule has 0 aliphatic carbocycles. The van der Waals surface area contributed by atoms with Gasteiger partial charge < -0.3 is 61.1 Å². The number of rotatable bonds is 20. The molecule has 0 bridgehead atoms. The molecule has 0 spiro atoms. The number of aliphatic hydroxyl groups is 2.